The van der Waals surface area contributed by atoms with Crippen molar-refractivity contribution in [1.82, 2.24) is 10.2 Å². The van der Waals surface area contributed by atoms with Gasteiger partial charge in [0.05, 0.1) is 7.11 Å². The summed E-state index contributed by atoms with van der Waals surface area (Å²) in [5.74, 6) is 0.421. The van der Waals surface area contributed by atoms with Crippen molar-refractivity contribution in [3.63, 3.8) is 0 Å². The van der Waals surface area contributed by atoms with Crippen molar-refractivity contribution >= 4 is 22.4 Å². The highest BCUT2D eigenvalue weighted by atomic mass is 32.1. The zero-order valence-electron chi connectivity index (χ0n) is 14.1. The van der Waals surface area contributed by atoms with E-state index in [1.807, 2.05) is 24.3 Å². The topological polar surface area (TPSA) is 73.3 Å². The van der Waals surface area contributed by atoms with Gasteiger partial charge in [-0.2, -0.15) is 0 Å². The lowest BCUT2D eigenvalue weighted by molar-refractivity contribution is -0.122. The Morgan fingerprint density at radius 1 is 1.08 bits per heavy atom. The van der Waals surface area contributed by atoms with Crippen molar-refractivity contribution in [3.8, 4) is 22.1 Å². The maximum atomic E-state index is 12.9. The van der Waals surface area contributed by atoms with Gasteiger partial charge in [0, 0.05) is 5.56 Å². The molecule has 1 heterocycles. The predicted molar refractivity (Wildman–Crippen MR) is 97.0 cm³/mol. The number of carbonyl (C=O) groups excluding carboxylic acids is 1. The van der Waals surface area contributed by atoms with Crippen molar-refractivity contribution in [1.29, 1.82) is 0 Å². The number of anilines is 1. The summed E-state index contributed by atoms with van der Waals surface area (Å²) in [6.45, 7) is 1.60. The van der Waals surface area contributed by atoms with Crippen LogP contribution < -0.4 is 14.8 Å². The molecule has 0 aliphatic carbocycles. The van der Waals surface area contributed by atoms with E-state index in [-0.39, 0.29) is 11.7 Å². The molecule has 0 saturated heterocycles. The van der Waals surface area contributed by atoms with Gasteiger partial charge in [0.25, 0.3) is 5.91 Å². The first-order valence-electron chi connectivity index (χ1n) is 7.76. The smallest absolute Gasteiger partial charge is 0.266 e. The maximum absolute atomic E-state index is 12.9. The van der Waals surface area contributed by atoms with Crippen LogP contribution >= 0.6 is 11.3 Å². The molecular weight excluding hydrogens is 357 g/mol. The van der Waals surface area contributed by atoms with Crippen LogP contribution in [-0.2, 0) is 4.79 Å². The average Bonchev–Trinajstić information content (AvgIpc) is 3.12. The number of aromatic nitrogens is 2. The molecule has 8 heteroatoms. The van der Waals surface area contributed by atoms with Gasteiger partial charge in [-0.05, 0) is 55.5 Å². The molecule has 0 aliphatic rings. The molecule has 3 aromatic rings. The Hall–Kier alpha value is -3.00. The number of carbonyl (C=O) groups is 1. The van der Waals surface area contributed by atoms with Gasteiger partial charge in [0.2, 0.25) is 5.13 Å². The molecule has 0 saturated carbocycles. The Morgan fingerprint density at radius 3 is 2.38 bits per heavy atom. The van der Waals surface area contributed by atoms with Crippen LogP contribution in [0.15, 0.2) is 48.5 Å². The van der Waals surface area contributed by atoms with E-state index in [9.17, 15) is 9.18 Å². The molecule has 0 fully saturated rings. The van der Waals surface area contributed by atoms with Crippen molar-refractivity contribution in [2.75, 3.05) is 12.4 Å². The van der Waals surface area contributed by atoms with Crippen LogP contribution in [0, 0.1) is 5.82 Å². The first-order chi connectivity index (χ1) is 12.5. The fourth-order valence-electron chi connectivity index (χ4n) is 2.10. The summed E-state index contributed by atoms with van der Waals surface area (Å²) in [4.78, 5) is 12.2. The molecule has 1 N–H and O–H groups in total. The highest BCUT2D eigenvalue weighted by Gasteiger charge is 2.17. The summed E-state index contributed by atoms with van der Waals surface area (Å²) < 4.78 is 23.5. The molecule has 3 rings (SSSR count). The molecular formula is C18H16FN3O3S. The van der Waals surface area contributed by atoms with E-state index in [1.54, 1.807) is 14.0 Å². The Labute approximate surface area is 153 Å². The SMILES string of the molecule is COc1ccc(-c2nnc(NC(=O)[C@@H](C)Oc3ccc(F)cc3)s2)cc1. The van der Waals surface area contributed by atoms with Gasteiger partial charge in [-0.1, -0.05) is 11.3 Å². The minimum absolute atomic E-state index is 0.366. The van der Waals surface area contributed by atoms with Crippen molar-refractivity contribution in [2.24, 2.45) is 0 Å². The van der Waals surface area contributed by atoms with E-state index in [0.717, 1.165) is 11.3 Å². The summed E-state index contributed by atoms with van der Waals surface area (Å²) in [7, 11) is 1.60. The Kier molecular flexibility index (Phi) is 5.43. The van der Waals surface area contributed by atoms with E-state index < -0.39 is 6.10 Å². The standard InChI is InChI=1S/C18H16FN3O3S/c1-11(25-15-9-5-13(19)6-10-15)16(23)20-18-22-21-17(26-18)12-3-7-14(24-2)8-4-12/h3-11H,1-2H3,(H,20,22,23)/t11-/m1/s1. The second-order valence-corrected chi connectivity index (χ2v) is 6.32. The van der Waals surface area contributed by atoms with Crippen LogP contribution in [0.3, 0.4) is 0 Å². The van der Waals surface area contributed by atoms with E-state index in [0.29, 0.717) is 15.9 Å². The van der Waals surface area contributed by atoms with Gasteiger partial charge in [0.1, 0.15) is 22.3 Å². The number of nitrogens with zero attached hydrogens (tertiary/aromatic N) is 2. The monoisotopic (exact) mass is 373 g/mol. The predicted octanol–water partition coefficient (Wildman–Crippen LogP) is 3.76. The van der Waals surface area contributed by atoms with E-state index >= 15 is 0 Å². The molecule has 0 aliphatic heterocycles. The number of methoxy groups -OCH3 is 1. The molecule has 1 atom stereocenters. The van der Waals surface area contributed by atoms with Crippen molar-refractivity contribution < 1.29 is 18.7 Å². The van der Waals surface area contributed by atoms with Gasteiger partial charge in [0.15, 0.2) is 6.10 Å². The molecule has 0 bridgehead atoms. The van der Waals surface area contributed by atoms with E-state index in [4.69, 9.17) is 9.47 Å². The summed E-state index contributed by atoms with van der Waals surface area (Å²) >= 11 is 1.25. The number of hydrogen-bond donors (Lipinski definition) is 1. The third kappa shape index (κ3) is 4.34. The fraction of sp³-hybridized carbons (Fsp3) is 0.167. The normalized spacial score (nSPS) is 11.7. The number of rotatable bonds is 6. The third-order valence-corrected chi connectivity index (χ3v) is 4.38. The van der Waals surface area contributed by atoms with E-state index in [1.165, 1.54) is 35.6 Å². The molecule has 134 valence electrons. The molecule has 6 nitrogen and oxygen atoms in total. The van der Waals surface area contributed by atoms with E-state index in [2.05, 4.69) is 15.5 Å². The summed E-state index contributed by atoms with van der Waals surface area (Å²) in [6.07, 6.45) is -0.770. The van der Waals surface area contributed by atoms with Crippen LogP contribution in [-0.4, -0.2) is 29.3 Å². The molecule has 0 radical (unpaired) electrons. The number of hydrogen-bond acceptors (Lipinski definition) is 6. The average molecular weight is 373 g/mol. The fourth-order valence-corrected chi connectivity index (χ4v) is 2.85. The number of halogens is 1. The van der Waals surface area contributed by atoms with Crippen LogP contribution in [0.2, 0.25) is 0 Å². The molecule has 1 amide bonds. The van der Waals surface area contributed by atoms with Crippen molar-refractivity contribution in [2.45, 2.75) is 13.0 Å². The van der Waals surface area contributed by atoms with Gasteiger partial charge in [-0.25, -0.2) is 4.39 Å². The number of nitrogens with one attached hydrogen (secondary N) is 1. The summed E-state index contributed by atoms with van der Waals surface area (Å²) in [6, 6.07) is 12.9. The zero-order valence-corrected chi connectivity index (χ0v) is 14.9. The largest absolute Gasteiger partial charge is 0.497 e. The zero-order chi connectivity index (χ0) is 18.5. The third-order valence-electron chi connectivity index (χ3n) is 3.49. The Morgan fingerprint density at radius 2 is 1.73 bits per heavy atom. The van der Waals surface area contributed by atoms with Crippen LogP contribution in [0.4, 0.5) is 9.52 Å². The van der Waals surface area contributed by atoms with Gasteiger partial charge < -0.3 is 9.47 Å². The molecule has 26 heavy (non-hydrogen) atoms. The lowest BCUT2D eigenvalue weighted by Crippen LogP contribution is -2.30. The minimum atomic E-state index is -0.770. The van der Waals surface area contributed by atoms with Crippen LogP contribution in [0.5, 0.6) is 11.5 Å². The molecule has 1 aromatic heterocycles. The second-order valence-electron chi connectivity index (χ2n) is 5.34. The lowest BCUT2D eigenvalue weighted by Gasteiger charge is -2.13. The van der Waals surface area contributed by atoms with Gasteiger partial charge in [-0.15, -0.1) is 10.2 Å². The molecule has 0 unspecified atom stereocenters. The van der Waals surface area contributed by atoms with Gasteiger partial charge >= 0.3 is 0 Å². The first-order valence-corrected chi connectivity index (χ1v) is 8.58. The van der Waals surface area contributed by atoms with Crippen molar-refractivity contribution in [3.05, 3.63) is 54.3 Å². The first kappa shape index (κ1) is 17.8. The Balaban J connectivity index is 1.62. The number of amides is 1. The maximum Gasteiger partial charge on any atom is 0.266 e. The minimum Gasteiger partial charge on any atom is -0.497 e. The molecule has 2 aromatic carbocycles. The lowest BCUT2D eigenvalue weighted by atomic mass is 10.2. The quantitative estimate of drug-likeness (QED) is 0.712. The van der Waals surface area contributed by atoms with Crippen LogP contribution in [0.1, 0.15) is 6.92 Å². The van der Waals surface area contributed by atoms with Gasteiger partial charge in [-0.3, -0.25) is 10.1 Å². The Bertz CT molecular complexity index is 881. The number of benzene rings is 2. The summed E-state index contributed by atoms with van der Waals surface area (Å²) in [5, 5.41) is 11.8. The van der Waals surface area contributed by atoms with Crippen LogP contribution in [0.25, 0.3) is 10.6 Å². The second kappa shape index (κ2) is 7.92. The summed E-state index contributed by atoms with van der Waals surface area (Å²) in [5.41, 5.74) is 0.874. The molecule has 0 spiro atoms. The highest BCUT2D eigenvalue weighted by Crippen LogP contribution is 2.28. The highest BCUT2D eigenvalue weighted by molar-refractivity contribution is 7.18. The number of ether oxygens (including phenoxy) is 2.